The lowest BCUT2D eigenvalue weighted by atomic mass is 9.83. The van der Waals surface area contributed by atoms with Gasteiger partial charge in [-0.3, -0.25) is 0 Å². The molecule has 0 amide bonds. The van der Waals surface area contributed by atoms with Gasteiger partial charge in [-0.25, -0.2) is 0 Å². The van der Waals surface area contributed by atoms with Gasteiger partial charge in [-0.15, -0.1) is 5.92 Å². The highest BCUT2D eigenvalue weighted by Crippen LogP contribution is 2.38. The highest BCUT2D eigenvalue weighted by Gasteiger charge is 2.44. The summed E-state index contributed by atoms with van der Waals surface area (Å²) in [6.45, 7) is 6.22. The maximum atomic E-state index is 6.13. The summed E-state index contributed by atoms with van der Waals surface area (Å²) in [7, 11) is 0. The summed E-state index contributed by atoms with van der Waals surface area (Å²) in [6.07, 6.45) is 10.1. The lowest BCUT2D eigenvalue weighted by molar-refractivity contribution is -0.148. The molecule has 1 aliphatic carbocycles. The Morgan fingerprint density at radius 1 is 1.11 bits per heavy atom. The van der Waals surface area contributed by atoms with Crippen molar-refractivity contribution in [2.75, 3.05) is 0 Å². The summed E-state index contributed by atoms with van der Waals surface area (Å²) >= 11 is 0. The van der Waals surface area contributed by atoms with Crippen LogP contribution in [0.3, 0.4) is 0 Å². The van der Waals surface area contributed by atoms with Crippen molar-refractivity contribution < 1.29 is 9.47 Å². The first-order chi connectivity index (χ1) is 9.12. The van der Waals surface area contributed by atoms with E-state index in [0.717, 1.165) is 6.42 Å². The van der Waals surface area contributed by atoms with Crippen LogP contribution in [0.2, 0.25) is 0 Å². The predicted molar refractivity (Wildman–Crippen MR) is 77.7 cm³/mol. The lowest BCUT2D eigenvalue weighted by Gasteiger charge is -2.28. The van der Waals surface area contributed by atoms with Crippen LogP contribution in [0.25, 0.3) is 0 Å². The zero-order valence-corrected chi connectivity index (χ0v) is 12.7. The fraction of sp³-hybridized carbons (Fsp3) is 0.882. The van der Waals surface area contributed by atoms with Crippen LogP contribution in [0.4, 0.5) is 0 Å². The molecule has 2 heteroatoms. The third-order valence-corrected chi connectivity index (χ3v) is 4.14. The first-order valence-electron chi connectivity index (χ1n) is 7.96. The van der Waals surface area contributed by atoms with E-state index < -0.39 is 5.79 Å². The predicted octanol–water partition coefficient (Wildman–Crippen LogP) is 4.28. The number of hydrogen-bond donors (Lipinski definition) is 0. The van der Waals surface area contributed by atoms with E-state index in [1.165, 1.54) is 44.9 Å². The van der Waals surface area contributed by atoms with Gasteiger partial charge in [0.2, 0.25) is 0 Å². The summed E-state index contributed by atoms with van der Waals surface area (Å²) in [5.74, 6) is 6.78. The second-order valence-corrected chi connectivity index (χ2v) is 6.34. The van der Waals surface area contributed by atoms with Crippen LogP contribution in [0.15, 0.2) is 0 Å². The van der Waals surface area contributed by atoms with Crippen molar-refractivity contribution in [2.24, 2.45) is 5.92 Å². The van der Waals surface area contributed by atoms with Crippen LogP contribution >= 0.6 is 0 Å². The van der Waals surface area contributed by atoms with Crippen LogP contribution in [-0.2, 0) is 9.47 Å². The van der Waals surface area contributed by atoms with Crippen LogP contribution in [0.1, 0.15) is 72.1 Å². The summed E-state index contributed by atoms with van der Waals surface area (Å²) in [4.78, 5) is 0. The molecule has 2 nitrogen and oxygen atoms in total. The van der Waals surface area contributed by atoms with Crippen molar-refractivity contribution in [3.63, 3.8) is 0 Å². The maximum Gasteiger partial charge on any atom is 0.165 e. The number of hydrogen-bond acceptors (Lipinski definition) is 2. The highest BCUT2D eigenvalue weighted by molar-refractivity contribution is 5.11. The molecule has 1 saturated carbocycles. The topological polar surface area (TPSA) is 18.5 Å². The second kappa shape index (κ2) is 6.77. The van der Waals surface area contributed by atoms with Crippen LogP contribution in [-0.4, -0.2) is 18.0 Å². The quantitative estimate of drug-likeness (QED) is 0.559. The van der Waals surface area contributed by atoms with Gasteiger partial charge < -0.3 is 9.47 Å². The Kier molecular flexibility index (Phi) is 5.30. The molecule has 1 heterocycles. The lowest BCUT2D eigenvalue weighted by Crippen LogP contribution is -2.31. The molecular formula is C17H28O2. The molecule has 1 saturated heterocycles. The molecule has 2 rings (SSSR count). The van der Waals surface area contributed by atoms with Gasteiger partial charge >= 0.3 is 0 Å². The minimum absolute atomic E-state index is 0.0186. The molecule has 2 aliphatic rings. The first-order valence-corrected chi connectivity index (χ1v) is 7.96. The molecule has 0 aromatic heterocycles. The number of ether oxygens (including phenoxy) is 2. The van der Waals surface area contributed by atoms with E-state index in [1.807, 2.05) is 13.8 Å². The minimum Gasteiger partial charge on any atom is -0.343 e. The van der Waals surface area contributed by atoms with Gasteiger partial charge in [0.15, 0.2) is 5.79 Å². The van der Waals surface area contributed by atoms with Crippen molar-refractivity contribution in [3.8, 4) is 11.8 Å². The van der Waals surface area contributed by atoms with Gasteiger partial charge in [-0.2, -0.15) is 0 Å². The number of unbranched alkanes of at least 4 members (excludes halogenated alkanes) is 2. The van der Waals surface area contributed by atoms with Crippen LogP contribution in [0, 0.1) is 17.8 Å². The average Bonchev–Trinajstić information content (AvgIpc) is 2.71. The van der Waals surface area contributed by atoms with E-state index >= 15 is 0 Å². The molecule has 0 radical (unpaired) electrons. The molecule has 2 fully saturated rings. The van der Waals surface area contributed by atoms with E-state index in [2.05, 4.69) is 18.8 Å². The van der Waals surface area contributed by atoms with Gasteiger partial charge in [0.1, 0.15) is 12.2 Å². The van der Waals surface area contributed by atoms with E-state index in [-0.39, 0.29) is 12.2 Å². The third-order valence-electron chi connectivity index (χ3n) is 4.14. The summed E-state index contributed by atoms with van der Waals surface area (Å²) in [6, 6.07) is 0. The second-order valence-electron chi connectivity index (χ2n) is 6.34. The highest BCUT2D eigenvalue weighted by atomic mass is 16.7. The minimum atomic E-state index is -0.466. The molecule has 0 unspecified atom stereocenters. The molecule has 0 N–H and O–H groups in total. The Morgan fingerprint density at radius 3 is 2.53 bits per heavy atom. The zero-order chi connectivity index (χ0) is 13.7. The largest absolute Gasteiger partial charge is 0.343 e. The Bertz CT molecular complexity index is 331. The Labute approximate surface area is 118 Å². The van der Waals surface area contributed by atoms with E-state index in [4.69, 9.17) is 9.47 Å². The van der Waals surface area contributed by atoms with Crippen LogP contribution in [0.5, 0.6) is 0 Å². The molecule has 0 aromatic carbocycles. The summed E-state index contributed by atoms with van der Waals surface area (Å²) < 4.78 is 12.1. The van der Waals surface area contributed by atoms with Crippen molar-refractivity contribution >= 4 is 0 Å². The fourth-order valence-electron chi connectivity index (χ4n) is 3.15. The molecule has 1 aliphatic heterocycles. The molecule has 0 spiro atoms. The van der Waals surface area contributed by atoms with Gasteiger partial charge in [0.05, 0.1) is 0 Å². The zero-order valence-electron chi connectivity index (χ0n) is 12.7. The molecule has 0 bridgehead atoms. The normalized spacial score (nSPS) is 30.9. The summed E-state index contributed by atoms with van der Waals surface area (Å²) in [5, 5.41) is 0. The third kappa shape index (κ3) is 4.23. The van der Waals surface area contributed by atoms with Gasteiger partial charge in [-0.1, -0.05) is 38.5 Å². The smallest absolute Gasteiger partial charge is 0.165 e. The Morgan fingerprint density at radius 2 is 1.84 bits per heavy atom. The van der Waals surface area contributed by atoms with Gasteiger partial charge in [-0.05, 0) is 39.0 Å². The maximum absolute atomic E-state index is 6.13. The van der Waals surface area contributed by atoms with E-state index in [1.54, 1.807) is 0 Å². The van der Waals surface area contributed by atoms with E-state index in [0.29, 0.717) is 5.92 Å². The average molecular weight is 264 g/mol. The molecule has 108 valence electrons. The molecule has 2 atom stereocenters. The Balaban J connectivity index is 1.98. The molecular weight excluding hydrogens is 236 g/mol. The van der Waals surface area contributed by atoms with Crippen molar-refractivity contribution in [1.29, 1.82) is 0 Å². The van der Waals surface area contributed by atoms with E-state index in [9.17, 15) is 0 Å². The Hall–Kier alpha value is -0.520. The van der Waals surface area contributed by atoms with Crippen molar-refractivity contribution in [1.82, 2.24) is 0 Å². The van der Waals surface area contributed by atoms with Gasteiger partial charge in [0.25, 0.3) is 0 Å². The van der Waals surface area contributed by atoms with Crippen molar-refractivity contribution in [2.45, 2.75) is 90.1 Å². The molecule has 0 aromatic rings. The SMILES string of the molecule is CCCCC#C[C@H]1OC(C)(C)O[C@H]1C1CCCCC1. The number of rotatable bonds is 3. The van der Waals surface area contributed by atoms with Crippen LogP contribution < -0.4 is 0 Å². The van der Waals surface area contributed by atoms with Gasteiger partial charge in [0, 0.05) is 6.42 Å². The fourth-order valence-corrected chi connectivity index (χ4v) is 3.15. The first kappa shape index (κ1) is 14.9. The molecule has 19 heavy (non-hydrogen) atoms. The van der Waals surface area contributed by atoms with Crippen molar-refractivity contribution in [3.05, 3.63) is 0 Å². The monoisotopic (exact) mass is 264 g/mol. The summed E-state index contributed by atoms with van der Waals surface area (Å²) in [5.41, 5.74) is 0. The standard InChI is InChI=1S/C17H28O2/c1-4-5-6-10-13-15-16(19-17(2,3)18-15)14-11-8-7-9-12-14/h14-16H,4-9,11-12H2,1-3H3/t15-,16+/m1/s1.